The van der Waals surface area contributed by atoms with Crippen LogP contribution in [0.4, 0.5) is 10.5 Å². The van der Waals surface area contributed by atoms with Crippen LogP contribution in [0, 0.1) is 17.8 Å². The number of rotatable bonds is 6. The van der Waals surface area contributed by atoms with Crippen LogP contribution in [0.2, 0.25) is 0 Å². The lowest BCUT2D eigenvalue weighted by molar-refractivity contribution is -0.144. The maximum absolute atomic E-state index is 12.8. The molecule has 4 atom stereocenters. The van der Waals surface area contributed by atoms with Crippen LogP contribution in [0.5, 0.6) is 0 Å². The Hall–Kier alpha value is -3.23. The average Bonchev–Trinajstić information content (AvgIpc) is 3.39. The molecule has 3 N–H and O–H groups in total. The summed E-state index contributed by atoms with van der Waals surface area (Å²) >= 11 is 0. The van der Waals surface area contributed by atoms with E-state index in [0.717, 1.165) is 24.2 Å². The zero-order valence-electron chi connectivity index (χ0n) is 16.7. The molecule has 1 aromatic rings. The Bertz CT molecular complexity index is 928. The number of anilines is 1. The van der Waals surface area contributed by atoms with Crippen LogP contribution >= 0.6 is 0 Å². The maximum atomic E-state index is 12.8. The first-order valence-electron chi connectivity index (χ1n) is 10.1. The number of carbonyl (C=O) groups excluding carboxylic acids is 5. The van der Waals surface area contributed by atoms with Crippen molar-refractivity contribution in [3.63, 3.8) is 0 Å². The van der Waals surface area contributed by atoms with E-state index in [4.69, 9.17) is 5.73 Å². The molecule has 1 aliphatic heterocycles. The minimum absolute atomic E-state index is 0.210. The minimum Gasteiger partial charge on any atom is -0.366 e. The summed E-state index contributed by atoms with van der Waals surface area (Å²) in [5.41, 5.74) is 5.84. The van der Waals surface area contributed by atoms with Gasteiger partial charge in [0, 0.05) is 17.3 Å². The van der Waals surface area contributed by atoms with E-state index < -0.39 is 36.2 Å². The van der Waals surface area contributed by atoms with Crippen LogP contribution in [0.1, 0.15) is 43.0 Å². The Morgan fingerprint density at radius 3 is 2.37 bits per heavy atom. The van der Waals surface area contributed by atoms with Gasteiger partial charge in [-0.1, -0.05) is 6.42 Å². The first-order chi connectivity index (χ1) is 14.3. The van der Waals surface area contributed by atoms with E-state index in [1.807, 2.05) is 6.92 Å². The third kappa shape index (κ3) is 3.44. The minimum atomic E-state index is -0.978. The van der Waals surface area contributed by atoms with E-state index in [-0.39, 0.29) is 17.5 Å². The van der Waals surface area contributed by atoms with Gasteiger partial charge in [-0.15, -0.1) is 0 Å². The molecule has 0 unspecified atom stereocenters. The number of amides is 6. The molecule has 0 radical (unpaired) electrons. The average molecular weight is 412 g/mol. The standard InChI is InChI=1S/C21H24N4O5/c1-11(16-9-12-2-3-14(16)8-12)25-20(29)19(28)24(21(25)30)10-17(26)23-15-6-4-13(5-7-15)18(22)27/h4-7,11-12,14,16H,2-3,8-10H2,1H3,(H2,22,27)(H,23,26)/t11-,12-,14-,16+/m0/s1. The molecule has 9 heteroatoms. The van der Waals surface area contributed by atoms with E-state index >= 15 is 0 Å². The van der Waals surface area contributed by atoms with Crippen LogP contribution in [0.25, 0.3) is 0 Å². The lowest BCUT2D eigenvalue weighted by Crippen LogP contribution is -2.45. The Morgan fingerprint density at radius 1 is 1.10 bits per heavy atom. The van der Waals surface area contributed by atoms with Crippen molar-refractivity contribution in [2.75, 3.05) is 11.9 Å². The highest BCUT2D eigenvalue weighted by Gasteiger charge is 2.52. The quantitative estimate of drug-likeness (QED) is 0.538. The highest BCUT2D eigenvalue weighted by atomic mass is 16.2. The smallest absolute Gasteiger partial charge is 0.334 e. The molecule has 3 aliphatic rings. The fraction of sp³-hybridized carbons (Fsp3) is 0.476. The summed E-state index contributed by atoms with van der Waals surface area (Å²) in [5, 5.41) is 2.55. The van der Waals surface area contributed by atoms with Crippen molar-refractivity contribution in [2.24, 2.45) is 23.5 Å². The number of nitrogens with one attached hydrogen (secondary N) is 1. The van der Waals surface area contributed by atoms with Gasteiger partial charge in [-0.3, -0.25) is 24.1 Å². The van der Waals surface area contributed by atoms with Crippen molar-refractivity contribution < 1.29 is 24.0 Å². The normalized spacial score (nSPS) is 26.4. The SMILES string of the molecule is C[C@@H]([C@H]1C[C@H]2CC[C@H]1C2)N1C(=O)C(=O)N(CC(=O)Nc2ccc(C(N)=O)cc2)C1=O. The Kier molecular flexibility index (Phi) is 5.05. The summed E-state index contributed by atoms with van der Waals surface area (Å²) in [6, 6.07) is 4.78. The zero-order chi connectivity index (χ0) is 21.6. The highest BCUT2D eigenvalue weighted by molar-refractivity contribution is 6.45. The summed E-state index contributed by atoms with van der Waals surface area (Å²) in [6.07, 6.45) is 4.39. The van der Waals surface area contributed by atoms with Gasteiger partial charge in [0.1, 0.15) is 6.54 Å². The summed E-state index contributed by atoms with van der Waals surface area (Å²) in [5.74, 6) is -1.71. The molecule has 1 saturated heterocycles. The van der Waals surface area contributed by atoms with Crippen LogP contribution < -0.4 is 11.1 Å². The van der Waals surface area contributed by atoms with Crippen LogP contribution in [0.3, 0.4) is 0 Å². The third-order valence-corrected chi connectivity index (χ3v) is 6.66. The number of hydrogen-bond donors (Lipinski definition) is 2. The molecule has 158 valence electrons. The number of fused-ring (bicyclic) bond motifs is 2. The van der Waals surface area contributed by atoms with Gasteiger partial charge in [0.05, 0.1) is 0 Å². The predicted octanol–water partition coefficient (Wildman–Crippen LogP) is 1.34. The molecule has 0 aromatic heterocycles. The summed E-state index contributed by atoms with van der Waals surface area (Å²) in [6.45, 7) is 1.26. The fourth-order valence-corrected chi connectivity index (χ4v) is 5.16. The Morgan fingerprint density at radius 2 is 1.80 bits per heavy atom. The highest BCUT2D eigenvalue weighted by Crippen LogP contribution is 2.50. The number of urea groups is 1. The van der Waals surface area contributed by atoms with Crippen molar-refractivity contribution in [2.45, 2.75) is 38.6 Å². The number of primary amides is 1. The summed E-state index contributed by atoms with van der Waals surface area (Å²) in [4.78, 5) is 62.9. The number of benzene rings is 1. The number of nitrogens with two attached hydrogens (primary N) is 1. The molecule has 2 bridgehead atoms. The molecule has 1 aromatic carbocycles. The number of carbonyl (C=O) groups is 5. The van der Waals surface area contributed by atoms with Crippen LogP contribution in [-0.2, 0) is 14.4 Å². The largest absolute Gasteiger partial charge is 0.366 e. The molecule has 30 heavy (non-hydrogen) atoms. The topological polar surface area (TPSA) is 130 Å². The molecular weight excluding hydrogens is 388 g/mol. The Balaban J connectivity index is 1.41. The van der Waals surface area contributed by atoms with Gasteiger partial charge in [-0.05, 0) is 68.2 Å². The lowest BCUT2D eigenvalue weighted by Gasteiger charge is -2.32. The van der Waals surface area contributed by atoms with Crippen LogP contribution in [-0.4, -0.2) is 52.0 Å². The number of nitrogens with zero attached hydrogens (tertiary/aromatic N) is 2. The van der Waals surface area contributed by atoms with Gasteiger partial charge in [0.15, 0.2) is 0 Å². The molecule has 2 aliphatic carbocycles. The van der Waals surface area contributed by atoms with E-state index in [2.05, 4.69) is 5.32 Å². The van der Waals surface area contributed by atoms with Crippen molar-refractivity contribution >= 4 is 35.3 Å². The van der Waals surface area contributed by atoms with E-state index in [1.165, 1.54) is 30.7 Å². The van der Waals surface area contributed by atoms with E-state index in [9.17, 15) is 24.0 Å². The summed E-state index contributed by atoms with van der Waals surface area (Å²) in [7, 11) is 0. The van der Waals surface area contributed by atoms with Crippen molar-refractivity contribution in [3.05, 3.63) is 29.8 Å². The summed E-state index contributed by atoms with van der Waals surface area (Å²) < 4.78 is 0. The monoisotopic (exact) mass is 412 g/mol. The third-order valence-electron chi connectivity index (χ3n) is 6.66. The van der Waals surface area contributed by atoms with Crippen molar-refractivity contribution in [1.29, 1.82) is 0 Å². The predicted molar refractivity (Wildman–Crippen MR) is 106 cm³/mol. The molecule has 6 amide bonds. The van der Waals surface area contributed by atoms with E-state index in [1.54, 1.807) is 0 Å². The molecule has 0 spiro atoms. The van der Waals surface area contributed by atoms with Gasteiger partial charge in [-0.2, -0.15) is 0 Å². The van der Waals surface area contributed by atoms with Crippen molar-refractivity contribution in [1.82, 2.24) is 9.80 Å². The number of hydrogen-bond acceptors (Lipinski definition) is 5. The molecule has 1 heterocycles. The van der Waals surface area contributed by atoms with E-state index in [0.29, 0.717) is 22.4 Å². The first-order valence-corrected chi connectivity index (χ1v) is 10.1. The fourth-order valence-electron chi connectivity index (χ4n) is 5.16. The zero-order valence-corrected chi connectivity index (χ0v) is 16.7. The lowest BCUT2D eigenvalue weighted by atomic mass is 9.83. The van der Waals surface area contributed by atoms with Crippen molar-refractivity contribution in [3.8, 4) is 0 Å². The van der Waals surface area contributed by atoms with Gasteiger partial charge in [0.2, 0.25) is 11.8 Å². The second kappa shape index (κ2) is 7.55. The second-order valence-electron chi connectivity index (χ2n) is 8.42. The molecule has 4 rings (SSSR count). The molecular formula is C21H24N4O5. The number of imide groups is 2. The van der Waals surface area contributed by atoms with Gasteiger partial charge >= 0.3 is 17.8 Å². The van der Waals surface area contributed by atoms with Gasteiger partial charge < -0.3 is 11.1 Å². The second-order valence-corrected chi connectivity index (χ2v) is 8.42. The first kappa shape index (κ1) is 20.1. The maximum Gasteiger partial charge on any atom is 0.334 e. The Labute approximate surface area is 173 Å². The molecule has 2 saturated carbocycles. The van der Waals surface area contributed by atoms with Crippen LogP contribution in [0.15, 0.2) is 24.3 Å². The van der Waals surface area contributed by atoms with Gasteiger partial charge in [-0.25, -0.2) is 9.69 Å². The molecule has 9 nitrogen and oxygen atoms in total. The van der Waals surface area contributed by atoms with Gasteiger partial charge in [0.25, 0.3) is 0 Å². The molecule has 3 fully saturated rings.